The largest absolute Gasteiger partial charge is 0.497 e. The number of nitrogens with zero attached hydrogens (tertiary/aromatic N) is 1. The fraction of sp³-hybridized carbons (Fsp3) is 0.357. The number of methoxy groups -OCH3 is 1. The number of hydrogen-bond acceptors (Lipinski definition) is 3. The summed E-state index contributed by atoms with van der Waals surface area (Å²) < 4.78 is 5.13. The zero-order valence-corrected chi connectivity index (χ0v) is 10.2. The van der Waals surface area contributed by atoms with Crippen LogP contribution in [-0.2, 0) is 0 Å². The topological polar surface area (TPSA) is 45.0 Å². The Morgan fingerprint density at radius 2 is 2.29 bits per heavy atom. The van der Waals surface area contributed by atoms with Crippen LogP contribution in [0.1, 0.15) is 25.3 Å². The zero-order chi connectivity index (χ0) is 12.7. The van der Waals surface area contributed by atoms with E-state index < -0.39 is 0 Å². The molecule has 0 radical (unpaired) electrons. The first-order valence-electron chi connectivity index (χ1n) is 5.56. The molecule has 88 valence electrons. The lowest BCUT2D eigenvalue weighted by Crippen LogP contribution is -2.17. The SMILES string of the molecule is C#CC(CCC)Nc1cc(OC)ccc1C#N. The first-order chi connectivity index (χ1) is 8.24. The number of benzene rings is 1. The van der Waals surface area contributed by atoms with Crippen molar-refractivity contribution < 1.29 is 4.74 Å². The molecule has 0 saturated heterocycles. The van der Waals surface area contributed by atoms with Crippen LogP contribution in [-0.4, -0.2) is 13.2 Å². The van der Waals surface area contributed by atoms with Gasteiger partial charge in [0.25, 0.3) is 0 Å². The van der Waals surface area contributed by atoms with Crippen molar-refractivity contribution in [2.24, 2.45) is 0 Å². The van der Waals surface area contributed by atoms with Crippen molar-refractivity contribution in [3.8, 4) is 24.2 Å². The summed E-state index contributed by atoms with van der Waals surface area (Å²) in [6.45, 7) is 2.07. The van der Waals surface area contributed by atoms with Gasteiger partial charge in [0, 0.05) is 6.07 Å². The summed E-state index contributed by atoms with van der Waals surface area (Å²) in [6, 6.07) is 7.35. The second-order valence-electron chi connectivity index (χ2n) is 3.68. The van der Waals surface area contributed by atoms with Gasteiger partial charge in [0.2, 0.25) is 0 Å². The molecule has 0 bridgehead atoms. The predicted molar refractivity (Wildman–Crippen MR) is 68.9 cm³/mol. The molecule has 0 amide bonds. The second kappa shape index (κ2) is 6.45. The van der Waals surface area contributed by atoms with Crippen LogP contribution in [0, 0.1) is 23.7 Å². The van der Waals surface area contributed by atoms with E-state index >= 15 is 0 Å². The summed E-state index contributed by atoms with van der Waals surface area (Å²) in [5.41, 5.74) is 1.30. The highest BCUT2D eigenvalue weighted by molar-refractivity contribution is 5.61. The standard InChI is InChI=1S/C14H16N2O/c1-4-6-12(5-2)16-14-9-13(17-3)8-7-11(14)10-15/h2,7-9,12,16H,4,6H2,1,3H3. The van der Waals surface area contributed by atoms with Gasteiger partial charge in [0.15, 0.2) is 0 Å². The molecule has 0 aliphatic carbocycles. The lowest BCUT2D eigenvalue weighted by molar-refractivity contribution is 0.415. The maximum atomic E-state index is 9.02. The maximum absolute atomic E-state index is 9.02. The van der Waals surface area contributed by atoms with Gasteiger partial charge in [-0.15, -0.1) is 6.42 Å². The number of nitrogens with one attached hydrogen (secondary N) is 1. The van der Waals surface area contributed by atoms with Crippen molar-refractivity contribution >= 4 is 5.69 Å². The van der Waals surface area contributed by atoms with Crippen LogP contribution in [0.2, 0.25) is 0 Å². The zero-order valence-electron chi connectivity index (χ0n) is 10.2. The lowest BCUT2D eigenvalue weighted by atomic mass is 10.1. The molecule has 3 heteroatoms. The molecular formula is C14H16N2O. The van der Waals surface area contributed by atoms with Gasteiger partial charge in [0.1, 0.15) is 11.8 Å². The quantitative estimate of drug-likeness (QED) is 0.788. The van der Waals surface area contributed by atoms with Crippen molar-refractivity contribution in [1.82, 2.24) is 0 Å². The molecule has 0 heterocycles. The molecule has 0 spiro atoms. The first kappa shape index (κ1) is 12.9. The van der Waals surface area contributed by atoms with E-state index in [9.17, 15) is 0 Å². The Balaban J connectivity index is 2.95. The van der Waals surface area contributed by atoms with Crippen LogP contribution in [0.4, 0.5) is 5.69 Å². The number of ether oxygens (including phenoxy) is 1. The summed E-state index contributed by atoms with van der Waals surface area (Å²) in [7, 11) is 1.59. The van der Waals surface area contributed by atoms with Crippen LogP contribution in [0.25, 0.3) is 0 Å². The van der Waals surface area contributed by atoms with Gasteiger partial charge in [-0.05, 0) is 18.6 Å². The second-order valence-corrected chi connectivity index (χ2v) is 3.68. The minimum atomic E-state index is -0.0563. The number of anilines is 1. The summed E-state index contributed by atoms with van der Waals surface area (Å²) in [5.74, 6) is 3.39. The summed E-state index contributed by atoms with van der Waals surface area (Å²) >= 11 is 0. The van der Waals surface area contributed by atoms with Crippen LogP contribution >= 0.6 is 0 Å². The molecule has 0 saturated carbocycles. The lowest BCUT2D eigenvalue weighted by Gasteiger charge is -2.15. The molecule has 1 aromatic carbocycles. The summed E-state index contributed by atoms with van der Waals surface area (Å²) in [4.78, 5) is 0. The maximum Gasteiger partial charge on any atom is 0.121 e. The number of nitriles is 1. The van der Waals surface area contributed by atoms with Crippen molar-refractivity contribution in [1.29, 1.82) is 5.26 Å². The van der Waals surface area contributed by atoms with Crippen molar-refractivity contribution in [3.63, 3.8) is 0 Å². The Morgan fingerprint density at radius 3 is 2.82 bits per heavy atom. The Kier molecular flexibility index (Phi) is 4.91. The van der Waals surface area contributed by atoms with E-state index in [1.807, 2.05) is 0 Å². The van der Waals surface area contributed by atoms with E-state index in [0.29, 0.717) is 11.3 Å². The average molecular weight is 228 g/mol. The van der Waals surface area contributed by atoms with E-state index in [0.717, 1.165) is 18.5 Å². The first-order valence-corrected chi connectivity index (χ1v) is 5.56. The molecule has 17 heavy (non-hydrogen) atoms. The molecule has 1 atom stereocenters. The molecular weight excluding hydrogens is 212 g/mol. The fourth-order valence-corrected chi connectivity index (χ4v) is 1.54. The van der Waals surface area contributed by atoms with Gasteiger partial charge in [-0.3, -0.25) is 0 Å². The number of terminal acetylenes is 1. The molecule has 0 aliphatic heterocycles. The average Bonchev–Trinajstić information content (AvgIpc) is 2.38. The fourth-order valence-electron chi connectivity index (χ4n) is 1.54. The van der Waals surface area contributed by atoms with E-state index in [4.69, 9.17) is 16.4 Å². The molecule has 0 aliphatic rings. The minimum Gasteiger partial charge on any atom is -0.497 e. The number of hydrogen-bond donors (Lipinski definition) is 1. The molecule has 1 rings (SSSR count). The van der Waals surface area contributed by atoms with Gasteiger partial charge in [-0.1, -0.05) is 19.3 Å². The normalized spacial score (nSPS) is 11.1. The van der Waals surface area contributed by atoms with Crippen LogP contribution in [0.5, 0.6) is 5.75 Å². The smallest absolute Gasteiger partial charge is 0.121 e. The Hall–Kier alpha value is -2.13. The van der Waals surface area contributed by atoms with E-state index in [1.54, 1.807) is 25.3 Å². The van der Waals surface area contributed by atoms with Crippen LogP contribution in [0.3, 0.4) is 0 Å². The third-order valence-electron chi connectivity index (χ3n) is 2.46. The van der Waals surface area contributed by atoms with E-state index in [1.165, 1.54) is 0 Å². The van der Waals surface area contributed by atoms with Gasteiger partial charge in [0.05, 0.1) is 24.4 Å². The molecule has 0 aromatic heterocycles. The molecule has 3 nitrogen and oxygen atoms in total. The Morgan fingerprint density at radius 1 is 1.53 bits per heavy atom. The third-order valence-corrected chi connectivity index (χ3v) is 2.46. The van der Waals surface area contributed by atoms with Crippen molar-refractivity contribution in [2.45, 2.75) is 25.8 Å². The summed E-state index contributed by atoms with van der Waals surface area (Å²) in [6.07, 6.45) is 7.31. The van der Waals surface area contributed by atoms with Crippen molar-refractivity contribution in [3.05, 3.63) is 23.8 Å². The Labute approximate surface area is 102 Å². The van der Waals surface area contributed by atoms with Crippen LogP contribution < -0.4 is 10.1 Å². The highest BCUT2D eigenvalue weighted by atomic mass is 16.5. The van der Waals surface area contributed by atoms with Gasteiger partial charge in [-0.2, -0.15) is 5.26 Å². The van der Waals surface area contributed by atoms with E-state index in [-0.39, 0.29) is 6.04 Å². The molecule has 0 fully saturated rings. The highest BCUT2D eigenvalue weighted by Gasteiger charge is 2.08. The van der Waals surface area contributed by atoms with Crippen LogP contribution in [0.15, 0.2) is 18.2 Å². The monoisotopic (exact) mass is 228 g/mol. The van der Waals surface area contributed by atoms with Gasteiger partial charge < -0.3 is 10.1 Å². The minimum absolute atomic E-state index is 0.0563. The predicted octanol–water partition coefficient (Wildman–Crippen LogP) is 2.78. The van der Waals surface area contributed by atoms with Gasteiger partial charge in [-0.25, -0.2) is 0 Å². The summed E-state index contributed by atoms with van der Waals surface area (Å²) in [5, 5.41) is 12.2. The number of rotatable bonds is 5. The Bertz CT molecular complexity index is 454. The molecule has 1 aromatic rings. The third kappa shape index (κ3) is 3.43. The molecule has 1 unspecified atom stereocenters. The molecule has 1 N–H and O–H groups in total. The van der Waals surface area contributed by atoms with Crippen molar-refractivity contribution in [2.75, 3.05) is 12.4 Å². The highest BCUT2D eigenvalue weighted by Crippen LogP contribution is 2.23. The van der Waals surface area contributed by atoms with Gasteiger partial charge >= 0.3 is 0 Å². The van der Waals surface area contributed by atoms with E-state index in [2.05, 4.69) is 24.2 Å².